The molecule has 1 saturated heterocycles. The van der Waals surface area contributed by atoms with E-state index in [2.05, 4.69) is 4.90 Å². The Hall–Kier alpha value is -1.39. The normalized spacial score (nSPS) is 19.6. The Labute approximate surface area is 133 Å². The average Bonchev–Trinajstić information content (AvgIpc) is 2.87. The van der Waals surface area contributed by atoms with Crippen molar-refractivity contribution in [2.24, 2.45) is 0 Å². The molecule has 2 rings (SSSR count). The van der Waals surface area contributed by atoms with E-state index in [1.807, 2.05) is 52.0 Å². The van der Waals surface area contributed by atoms with Gasteiger partial charge in [0.2, 0.25) is 0 Å². The monoisotopic (exact) mass is 305 g/mol. The molecule has 1 aromatic rings. The lowest BCUT2D eigenvalue weighted by Crippen LogP contribution is -2.45. The van der Waals surface area contributed by atoms with Gasteiger partial charge in [-0.3, -0.25) is 4.90 Å². The molecule has 1 aliphatic heterocycles. The van der Waals surface area contributed by atoms with Crippen molar-refractivity contribution >= 4 is 5.97 Å². The molecule has 0 amide bonds. The van der Waals surface area contributed by atoms with Crippen molar-refractivity contribution in [3.05, 3.63) is 35.4 Å². The second-order valence-corrected chi connectivity index (χ2v) is 6.93. The van der Waals surface area contributed by atoms with Gasteiger partial charge in [0, 0.05) is 12.6 Å². The fourth-order valence-electron chi connectivity index (χ4n) is 3.08. The summed E-state index contributed by atoms with van der Waals surface area (Å²) in [4.78, 5) is 14.1. The van der Waals surface area contributed by atoms with Crippen LogP contribution in [0.5, 0.6) is 0 Å². The summed E-state index contributed by atoms with van der Waals surface area (Å²) in [5.74, 6) is -0.280. The van der Waals surface area contributed by atoms with Gasteiger partial charge < -0.3 is 9.84 Å². The zero-order chi connectivity index (χ0) is 16.3. The molecule has 122 valence electrons. The highest BCUT2D eigenvalue weighted by Crippen LogP contribution is 2.28. The highest BCUT2D eigenvalue weighted by molar-refractivity contribution is 5.89. The lowest BCUT2D eigenvalue weighted by molar-refractivity contribution is -0.00501. The highest BCUT2D eigenvalue weighted by atomic mass is 16.5. The Kier molecular flexibility index (Phi) is 5.24. The summed E-state index contributed by atoms with van der Waals surface area (Å²) in [5, 5.41) is 10.3. The molecule has 1 N–H and O–H groups in total. The van der Waals surface area contributed by atoms with Crippen molar-refractivity contribution in [3.8, 4) is 0 Å². The minimum atomic E-state index is -0.683. The summed E-state index contributed by atoms with van der Waals surface area (Å²) in [7, 11) is 0. The SMILES string of the molecule is CC(C)OC(=O)c1ccc(CN2CCCC2C(C)(C)O)cc1. The van der Waals surface area contributed by atoms with E-state index >= 15 is 0 Å². The number of carbonyl (C=O) groups excluding carboxylic acids is 1. The highest BCUT2D eigenvalue weighted by Gasteiger charge is 2.35. The van der Waals surface area contributed by atoms with E-state index in [-0.39, 0.29) is 18.1 Å². The number of hydrogen-bond acceptors (Lipinski definition) is 4. The van der Waals surface area contributed by atoms with Gasteiger partial charge in [0.1, 0.15) is 0 Å². The summed E-state index contributed by atoms with van der Waals surface area (Å²) in [6.45, 7) is 9.24. The Morgan fingerprint density at radius 2 is 2.00 bits per heavy atom. The number of esters is 1. The molecule has 0 spiro atoms. The van der Waals surface area contributed by atoms with Crippen molar-refractivity contribution in [1.29, 1.82) is 0 Å². The minimum absolute atomic E-state index is 0.107. The zero-order valence-corrected chi connectivity index (χ0v) is 14.0. The first kappa shape index (κ1) is 17.0. The van der Waals surface area contributed by atoms with Gasteiger partial charge in [0.15, 0.2) is 0 Å². The largest absolute Gasteiger partial charge is 0.459 e. The minimum Gasteiger partial charge on any atom is -0.459 e. The lowest BCUT2D eigenvalue weighted by Gasteiger charge is -2.33. The quantitative estimate of drug-likeness (QED) is 0.850. The molecule has 22 heavy (non-hydrogen) atoms. The van der Waals surface area contributed by atoms with Crippen molar-refractivity contribution in [1.82, 2.24) is 4.90 Å². The van der Waals surface area contributed by atoms with Gasteiger partial charge in [0.05, 0.1) is 17.3 Å². The van der Waals surface area contributed by atoms with Crippen LogP contribution in [-0.2, 0) is 11.3 Å². The van der Waals surface area contributed by atoms with Gasteiger partial charge in [-0.1, -0.05) is 12.1 Å². The van der Waals surface area contributed by atoms with Crippen LogP contribution in [0.4, 0.5) is 0 Å². The molecule has 4 nitrogen and oxygen atoms in total. The third-order valence-corrected chi connectivity index (χ3v) is 4.10. The van der Waals surface area contributed by atoms with Gasteiger partial charge in [0.25, 0.3) is 0 Å². The molecule has 1 aromatic carbocycles. The van der Waals surface area contributed by atoms with Gasteiger partial charge in [-0.2, -0.15) is 0 Å². The Balaban J connectivity index is 2.01. The molecule has 0 aromatic heterocycles. The number of nitrogens with zero attached hydrogens (tertiary/aromatic N) is 1. The van der Waals surface area contributed by atoms with Gasteiger partial charge >= 0.3 is 5.97 Å². The van der Waals surface area contributed by atoms with Gasteiger partial charge in [-0.15, -0.1) is 0 Å². The predicted molar refractivity (Wildman–Crippen MR) is 86.7 cm³/mol. The van der Waals surface area contributed by atoms with Crippen LogP contribution in [0.2, 0.25) is 0 Å². The van der Waals surface area contributed by atoms with Crippen molar-refractivity contribution in [2.45, 2.75) is 64.8 Å². The standard InChI is InChI=1S/C18H27NO3/c1-13(2)22-17(20)15-9-7-14(8-10-15)12-19-11-5-6-16(19)18(3,4)21/h7-10,13,16,21H,5-6,11-12H2,1-4H3. The summed E-state index contributed by atoms with van der Waals surface area (Å²) >= 11 is 0. The molecule has 0 radical (unpaired) electrons. The van der Waals surface area contributed by atoms with Gasteiger partial charge in [-0.05, 0) is 64.8 Å². The van der Waals surface area contributed by atoms with Crippen LogP contribution in [0.1, 0.15) is 56.5 Å². The number of hydrogen-bond donors (Lipinski definition) is 1. The van der Waals surface area contributed by atoms with E-state index in [4.69, 9.17) is 4.74 Å². The number of carbonyl (C=O) groups is 1. The molecule has 1 atom stereocenters. The predicted octanol–water partition coefficient (Wildman–Crippen LogP) is 2.99. The molecule has 0 aliphatic carbocycles. The van der Waals surface area contributed by atoms with Crippen molar-refractivity contribution < 1.29 is 14.6 Å². The van der Waals surface area contributed by atoms with Crippen LogP contribution in [0.15, 0.2) is 24.3 Å². The third kappa shape index (κ3) is 4.31. The molecule has 0 saturated carbocycles. The van der Waals surface area contributed by atoms with Crippen LogP contribution in [-0.4, -0.2) is 40.3 Å². The average molecular weight is 305 g/mol. The molecule has 1 heterocycles. The van der Waals surface area contributed by atoms with Crippen LogP contribution >= 0.6 is 0 Å². The van der Waals surface area contributed by atoms with Gasteiger partial charge in [-0.25, -0.2) is 4.79 Å². The zero-order valence-electron chi connectivity index (χ0n) is 14.0. The molecule has 4 heteroatoms. The van der Waals surface area contributed by atoms with Crippen LogP contribution in [0.3, 0.4) is 0 Å². The number of ether oxygens (including phenoxy) is 1. The molecule has 0 bridgehead atoms. The number of aliphatic hydroxyl groups is 1. The first-order chi connectivity index (χ1) is 10.3. The second-order valence-electron chi connectivity index (χ2n) is 6.93. The van der Waals surface area contributed by atoms with Crippen LogP contribution < -0.4 is 0 Å². The van der Waals surface area contributed by atoms with E-state index in [1.165, 1.54) is 0 Å². The Bertz CT molecular complexity index is 502. The summed E-state index contributed by atoms with van der Waals surface area (Å²) < 4.78 is 5.19. The fraction of sp³-hybridized carbons (Fsp3) is 0.611. The summed E-state index contributed by atoms with van der Waals surface area (Å²) in [6.07, 6.45) is 2.04. The van der Waals surface area contributed by atoms with E-state index < -0.39 is 5.60 Å². The molecular formula is C18H27NO3. The molecule has 1 aliphatic rings. The number of likely N-dealkylation sites (tertiary alicyclic amines) is 1. The second kappa shape index (κ2) is 6.80. The molecule has 1 fully saturated rings. The maximum atomic E-state index is 11.8. The number of benzene rings is 1. The third-order valence-electron chi connectivity index (χ3n) is 4.10. The fourth-order valence-corrected chi connectivity index (χ4v) is 3.08. The van der Waals surface area contributed by atoms with E-state index in [0.717, 1.165) is 31.5 Å². The molecular weight excluding hydrogens is 278 g/mol. The van der Waals surface area contributed by atoms with E-state index in [9.17, 15) is 9.90 Å². The topological polar surface area (TPSA) is 49.8 Å². The van der Waals surface area contributed by atoms with Crippen LogP contribution in [0, 0.1) is 0 Å². The summed E-state index contributed by atoms with van der Waals surface area (Å²) in [5.41, 5.74) is 1.05. The van der Waals surface area contributed by atoms with E-state index in [0.29, 0.717) is 5.56 Å². The Morgan fingerprint density at radius 3 is 2.55 bits per heavy atom. The maximum Gasteiger partial charge on any atom is 0.338 e. The lowest BCUT2D eigenvalue weighted by atomic mass is 9.96. The van der Waals surface area contributed by atoms with Crippen LogP contribution in [0.25, 0.3) is 0 Å². The summed E-state index contributed by atoms with van der Waals surface area (Å²) in [6, 6.07) is 7.76. The first-order valence-electron chi connectivity index (χ1n) is 8.03. The van der Waals surface area contributed by atoms with E-state index in [1.54, 1.807) is 0 Å². The maximum absolute atomic E-state index is 11.8. The molecule has 1 unspecified atom stereocenters. The number of rotatable bonds is 5. The van der Waals surface area contributed by atoms with Crippen molar-refractivity contribution in [3.63, 3.8) is 0 Å². The Morgan fingerprint density at radius 1 is 1.36 bits per heavy atom. The first-order valence-corrected chi connectivity index (χ1v) is 8.03. The smallest absolute Gasteiger partial charge is 0.338 e. The van der Waals surface area contributed by atoms with Crippen molar-refractivity contribution in [2.75, 3.05) is 6.54 Å².